The Kier molecular flexibility index (Phi) is 4.05. The number of rotatable bonds is 3. The molecule has 0 aliphatic rings. The van der Waals surface area contributed by atoms with E-state index in [0.717, 1.165) is 17.0 Å². The summed E-state index contributed by atoms with van der Waals surface area (Å²) >= 11 is 0. The second-order valence-electron chi connectivity index (χ2n) is 4.83. The summed E-state index contributed by atoms with van der Waals surface area (Å²) in [5, 5.41) is 0. The first-order chi connectivity index (χ1) is 4.83. The molecular weight excluding hydrogens is 151 g/mol. The molecule has 0 unspecified atom stereocenters. The van der Waals surface area contributed by atoms with Gasteiger partial charge in [0, 0.05) is 0 Å². The second kappa shape index (κ2) is 3.90. The molecule has 0 heterocycles. The fraction of sp³-hybridized carbons (Fsp3) is 1.00. The Hall–Kier alpha value is 0.430. The van der Waals surface area contributed by atoms with Gasteiger partial charge in [0.15, 0.2) is 0 Å². The minimum atomic E-state index is -0.981. The Morgan fingerprint density at radius 1 is 0.636 bits per heavy atom. The quantitative estimate of drug-likeness (QED) is 0.576. The first kappa shape index (κ1) is 11.4. The van der Waals surface area contributed by atoms with Crippen molar-refractivity contribution in [2.45, 2.75) is 58.5 Å². The molecule has 0 saturated carbocycles. The van der Waals surface area contributed by atoms with E-state index in [0.29, 0.717) is 0 Å². The van der Waals surface area contributed by atoms with Gasteiger partial charge in [-0.1, -0.05) is 0 Å². The van der Waals surface area contributed by atoms with Gasteiger partial charge < -0.3 is 0 Å². The summed E-state index contributed by atoms with van der Waals surface area (Å²) in [5.41, 5.74) is 2.76. The van der Waals surface area contributed by atoms with Crippen molar-refractivity contribution in [3.05, 3.63) is 0 Å². The molecule has 0 N–H and O–H groups in total. The second-order valence-corrected chi connectivity index (χ2v) is 11.0. The van der Waals surface area contributed by atoms with E-state index < -0.39 is 7.26 Å². The molecule has 0 bridgehead atoms. The average Bonchev–Trinajstić information content (AvgIpc) is 1.84. The molecule has 0 saturated heterocycles. The van der Waals surface area contributed by atoms with Crippen molar-refractivity contribution in [2.24, 2.45) is 0 Å². The third-order valence-corrected chi connectivity index (χ3v) is 11.2. The first-order valence-corrected chi connectivity index (χ1v) is 7.56. The van der Waals surface area contributed by atoms with E-state index in [-0.39, 0.29) is 0 Å². The van der Waals surface area contributed by atoms with Gasteiger partial charge in [0.1, 0.15) is 0 Å². The first-order valence-electron chi connectivity index (χ1n) is 4.83. The van der Waals surface area contributed by atoms with Crippen LogP contribution in [-0.2, 0) is 0 Å². The van der Waals surface area contributed by atoms with E-state index in [1.807, 2.05) is 0 Å². The van der Waals surface area contributed by atoms with Crippen LogP contribution in [0.4, 0.5) is 0 Å². The van der Waals surface area contributed by atoms with Gasteiger partial charge in [0.25, 0.3) is 0 Å². The van der Waals surface area contributed by atoms with E-state index >= 15 is 0 Å². The van der Waals surface area contributed by atoms with E-state index in [2.05, 4.69) is 48.2 Å². The van der Waals surface area contributed by atoms with Gasteiger partial charge in [-0.15, -0.1) is 0 Å². The SMILES string of the molecule is CC(C)[PH](C)(C(C)C)C(C)C. The molecule has 70 valence electrons. The van der Waals surface area contributed by atoms with Crippen LogP contribution >= 0.6 is 7.26 Å². The summed E-state index contributed by atoms with van der Waals surface area (Å²) in [5.74, 6) is 0. The Balaban J connectivity index is 4.53. The zero-order valence-corrected chi connectivity index (χ0v) is 10.2. The van der Waals surface area contributed by atoms with Gasteiger partial charge in [-0.3, -0.25) is 0 Å². The topological polar surface area (TPSA) is 0 Å². The van der Waals surface area contributed by atoms with Crippen molar-refractivity contribution in [3.8, 4) is 0 Å². The third-order valence-electron chi connectivity index (χ3n) is 3.73. The van der Waals surface area contributed by atoms with Crippen LogP contribution < -0.4 is 0 Å². The van der Waals surface area contributed by atoms with Gasteiger partial charge in [-0.05, 0) is 0 Å². The zero-order valence-electron chi connectivity index (χ0n) is 9.23. The minimum absolute atomic E-state index is 0.919. The Bertz CT molecular complexity index is 92.3. The fourth-order valence-corrected chi connectivity index (χ4v) is 6.00. The van der Waals surface area contributed by atoms with Crippen molar-refractivity contribution in [3.63, 3.8) is 0 Å². The fourth-order valence-electron chi connectivity index (χ4n) is 2.00. The van der Waals surface area contributed by atoms with Crippen LogP contribution in [0, 0.1) is 0 Å². The molecule has 0 aromatic heterocycles. The standard InChI is InChI=1S/C10H25P/c1-8(2)11(7,9(3)4)10(5)6/h8-11H,1-7H3. The van der Waals surface area contributed by atoms with Crippen molar-refractivity contribution < 1.29 is 0 Å². The van der Waals surface area contributed by atoms with Gasteiger partial charge in [-0.2, -0.15) is 0 Å². The summed E-state index contributed by atoms with van der Waals surface area (Å²) in [6, 6.07) is 0. The summed E-state index contributed by atoms with van der Waals surface area (Å²) < 4.78 is 0. The molecule has 0 fully saturated rings. The molecule has 0 aromatic rings. The maximum absolute atomic E-state index is 2.55. The molecule has 0 amide bonds. The Labute approximate surface area is 73.1 Å². The van der Waals surface area contributed by atoms with Crippen LogP contribution in [-0.4, -0.2) is 23.6 Å². The zero-order chi connectivity index (χ0) is 9.23. The van der Waals surface area contributed by atoms with Gasteiger partial charge in [-0.25, -0.2) is 0 Å². The van der Waals surface area contributed by atoms with Crippen molar-refractivity contribution in [1.29, 1.82) is 0 Å². The summed E-state index contributed by atoms with van der Waals surface area (Å²) in [6.45, 7) is 16.9. The van der Waals surface area contributed by atoms with Crippen molar-refractivity contribution in [2.75, 3.05) is 6.66 Å². The molecule has 11 heavy (non-hydrogen) atoms. The van der Waals surface area contributed by atoms with Crippen LogP contribution in [0.15, 0.2) is 0 Å². The molecule has 0 aliphatic carbocycles. The molecule has 0 atom stereocenters. The normalized spacial score (nSPS) is 15.1. The van der Waals surface area contributed by atoms with E-state index in [1.54, 1.807) is 0 Å². The molecule has 0 aromatic carbocycles. The Morgan fingerprint density at radius 3 is 0.818 bits per heavy atom. The van der Waals surface area contributed by atoms with Crippen molar-refractivity contribution >= 4 is 7.26 Å². The third kappa shape index (κ3) is 2.18. The van der Waals surface area contributed by atoms with Crippen LogP contribution in [0.1, 0.15) is 41.5 Å². The predicted molar refractivity (Wildman–Crippen MR) is 59.6 cm³/mol. The monoisotopic (exact) mass is 176 g/mol. The summed E-state index contributed by atoms with van der Waals surface area (Å²) in [4.78, 5) is 0. The van der Waals surface area contributed by atoms with E-state index in [1.165, 1.54) is 0 Å². The molecular formula is C10H25P. The van der Waals surface area contributed by atoms with Gasteiger partial charge in [0.2, 0.25) is 0 Å². The van der Waals surface area contributed by atoms with Crippen molar-refractivity contribution in [1.82, 2.24) is 0 Å². The molecule has 0 nitrogen and oxygen atoms in total. The van der Waals surface area contributed by atoms with Crippen LogP contribution in [0.2, 0.25) is 0 Å². The summed E-state index contributed by atoms with van der Waals surface area (Å²) in [7, 11) is -0.981. The van der Waals surface area contributed by atoms with Gasteiger partial charge in [0.05, 0.1) is 0 Å². The maximum atomic E-state index is 2.55. The molecule has 0 spiro atoms. The molecule has 0 aliphatic heterocycles. The average molecular weight is 176 g/mol. The van der Waals surface area contributed by atoms with Crippen LogP contribution in [0.25, 0.3) is 0 Å². The number of hydrogen-bond acceptors (Lipinski definition) is 0. The Morgan fingerprint density at radius 2 is 0.818 bits per heavy atom. The van der Waals surface area contributed by atoms with Crippen LogP contribution in [0.5, 0.6) is 0 Å². The number of hydrogen-bond donors (Lipinski definition) is 0. The van der Waals surface area contributed by atoms with Gasteiger partial charge >= 0.3 is 72.4 Å². The van der Waals surface area contributed by atoms with E-state index in [4.69, 9.17) is 0 Å². The molecule has 0 rings (SSSR count). The van der Waals surface area contributed by atoms with Crippen LogP contribution in [0.3, 0.4) is 0 Å². The summed E-state index contributed by atoms with van der Waals surface area (Å²) in [6.07, 6.45) is 0. The van der Waals surface area contributed by atoms with E-state index in [9.17, 15) is 0 Å². The predicted octanol–water partition coefficient (Wildman–Crippen LogP) is 3.59. The molecule has 1 heteroatoms. The molecule has 0 radical (unpaired) electrons.